The molecule has 0 aliphatic rings. The summed E-state index contributed by atoms with van der Waals surface area (Å²) < 4.78 is 5.55. The van der Waals surface area contributed by atoms with E-state index in [0.717, 1.165) is 40.3 Å². The van der Waals surface area contributed by atoms with Crippen molar-refractivity contribution in [1.82, 2.24) is 9.88 Å². The summed E-state index contributed by atoms with van der Waals surface area (Å²) >= 11 is 6.32. The Kier molecular flexibility index (Phi) is 7.24. The molecule has 1 aromatic heterocycles. The standard InChI is InChI=1S/C24H27ClN2O2/c1-4-5-13-29-24(28)22(19-9-7-6-8-10-19)27(3)16-18-11-12-20-17(2)15-26-23(25)21(20)14-18/h6-12,14-15,22H,4-5,13,16H2,1-3H3. The number of nitrogens with zero attached hydrogens (tertiary/aromatic N) is 2. The topological polar surface area (TPSA) is 42.4 Å². The number of hydrogen-bond acceptors (Lipinski definition) is 4. The van der Waals surface area contributed by atoms with E-state index in [1.807, 2.05) is 49.2 Å². The van der Waals surface area contributed by atoms with Crippen molar-refractivity contribution in [3.05, 3.63) is 76.6 Å². The van der Waals surface area contributed by atoms with Crippen molar-refractivity contribution >= 4 is 28.3 Å². The van der Waals surface area contributed by atoms with Crippen LogP contribution in [0.3, 0.4) is 0 Å². The molecular weight excluding hydrogens is 384 g/mol. The quantitative estimate of drug-likeness (QED) is 0.271. The number of benzene rings is 2. The fourth-order valence-corrected chi connectivity index (χ4v) is 3.68. The van der Waals surface area contributed by atoms with Crippen molar-refractivity contribution in [2.45, 2.75) is 39.3 Å². The fourth-order valence-electron chi connectivity index (χ4n) is 3.48. The summed E-state index contributed by atoms with van der Waals surface area (Å²) in [5, 5.41) is 2.52. The Balaban J connectivity index is 1.86. The van der Waals surface area contributed by atoms with Crippen molar-refractivity contribution in [2.75, 3.05) is 13.7 Å². The van der Waals surface area contributed by atoms with E-state index in [-0.39, 0.29) is 5.97 Å². The summed E-state index contributed by atoms with van der Waals surface area (Å²) in [4.78, 5) is 19.1. The van der Waals surface area contributed by atoms with E-state index < -0.39 is 6.04 Å². The van der Waals surface area contributed by atoms with Crippen LogP contribution in [-0.2, 0) is 16.1 Å². The first kappa shape index (κ1) is 21.3. The highest BCUT2D eigenvalue weighted by Crippen LogP contribution is 2.28. The van der Waals surface area contributed by atoms with Crippen molar-refractivity contribution in [3.8, 4) is 0 Å². The molecule has 0 fully saturated rings. The molecule has 3 rings (SSSR count). The number of fused-ring (bicyclic) bond motifs is 1. The first-order valence-corrected chi connectivity index (χ1v) is 10.3. The summed E-state index contributed by atoms with van der Waals surface area (Å²) in [6, 6.07) is 15.5. The monoisotopic (exact) mass is 410 g/mol. The number of unbranched alkanes of at least 4 members (excludes halogenated alkanes) is 1. The smallest absolute Gasteiger partial charge is 0.328 e. The van der Waals surface area contributed by atoms with Crippen molar-refractivity contribution in [3.63, 3.8) is 0 Å². The molecule has 0 saturated heterocycles. The number of hydrogen-bond donors (Lipinski definition) is 0. The van der Waals surface area contributed by atoms with E-state index in [1.54, 1.807) is 6.20 Å². The predicted octanol–water partition coefficient (Wildman–Crippen LogP) is 5.71. The highest BCUT2D eigenvalue weighted by Gasteiger charge is 2.26. The van der Waals surface area contributed by atoms with E-state index in [2.05, 4.69) is 30.1 Å². The number of aromatic nitrogens is 1. The molecule has 0 spiro atoms. The van der Waals surface area contributed by atoms with Gasteiger partial charge in [-0.05, 0) is 48.5 Å². The second kappa shape index (κ2) is 9.86. The molecule has 1 unspecified atom stereocenters. The number of halogens is 1. The Morgan fingerprint density at radius 2 is 1.93 bits per heavy atom. The highest BCUT2D eigenvalue weighted by atomic mass is 35.5. The lowest BCUT2D eigenvalue weighted by molar-refractivity contribution is -0.150. The zero-order chi connectivity index (χ0) is 20.8. The summed E-state index contributed by atoms with van der Waals surface area (Å²) in [6.45, 7) is 5.14. The molecule has 0 aliphatic carbocycles. The number of likely N-dealkylation sites (N-methyl/N-ethyl adjacent to an activating group) is 1. The molecule has 1 atom stereocenters. The molecule has 1 heterocycles. The fraction of sp³-hybridized carbons (Fsp3) is 0.333. The number of aryl methyl sites for hydroxylation is 1. The molecule has 4 nitrogen and oxygen atoms in total. The third kappa shape index (κ3) is 5.14. The zero-order valence-electron chi connectivity index (χ0n) is 17.2. The summed E-state index contributed by atoms with van der Waals surface area (Å²) in [6.07, 6.45) is 3.64. The van der Waals surface area contributed by atoms with Crippen molar-refractivity contribution in [2.24, 2.45) is 0 Å². The molecule has 29 heavy (non-hydrogen) atoms. The number of carbonyl (C=O) groups excluding carboxylic acids is 1. The lowest BCUT2D eigenvalue weighted by Gasteiger charge is -2.27. The van der Waals surface area contributed by atoms with Crippen LogP contribution >= 0.6 is 11.6 Å². The Morgan fingerprint density at radius 1 is 1.17 bits per heavy atom. The Labute approximate surface area is 177 Å². The lowest BCUT2D eigenvalue weighted by Crippen LogP contribution is -2.32. The van der Waals surface area contributed by atoms with Gasteiger partial charge in [-0.1, -0.05) is 67.4 Å². The predicted molar refractivity (Wildman–Crippen MR) is 118 cm³/mol. The van der Waals surface area contributed by atoms with Crippen LogP contribution in [0.15, 0.2) is 54.7 Å². The molecule has 0 aliphatic heterocycles. The van der Waals surface area contributed by atoms with E-state index in [9.17, 15) is 4.79 Å². The average molecular weight is 411 g/mol. The minimum Gasteiger partial charge on any atom is -0.464 e. The van der Waals surface area contributed by atoms with Gasteiger partial charge in [0, 0.05) is 18.1 Å². The van der Waals surface area contributed by atoms with Crippen LogP contribution in [-0.4, -0.2) is 29.5 Å². The molecule has 5 heteroatoms. The van der Waals surface area contributed by atoms with Gasteiger partial charge in [0.2, 0.25) is 0 Å². The Morgan fingerprint density at radius 3 is 2.66 bits per heavy atom. The average Bonchev–Trinajstić information content (AvgIpc) is 2.72. The summed E-state index contributed by atoms with van der Waals surface area (Å²) in [7, 11) is 1.94. The molecule has 0 saturated carbocycles. The summed E-state index contributed by atoms with van der Waals surface area (Å²) in [5.41, 5.74) is 3.08. The molecular formula is C24H27ClN2O2. The second-order valence-electron chi connectivity index (χ2n) is 7.36. The van der Waals surface area contributed by atoms with Crippen molar-refractivity contribution in [1.29, 1.82) is 0 Å². The number of pyridine rings is 1. The van der Waals surface area contributed by atoms with E-state index in [0.29, 0.717) is 18.3 Å². The summed E-state index contributed by atoms with van der Waals surface area (Å²) in [5.74, 6) is -0.219. The lowest BCUT2D eigenvalue weighted by atomic mass is 10.0. The van der Waals surface area contributed by atoms with Crippen LogP contribution in [0.2, 0.25) is 5.15 Å². The van der Waals surface area contributed by atoms with Crippen LogP contribution in [0.25, 0.3) is 10.8 Å². The SMILES string of the molecule is CCCCOC(=O)C(c1ccccc1)N(C)Cc1ccc2c(C)cnc(Cl)c2c1. The Bertz CT molecular complexity index is 975. The van der Waals surface area contributed by atoms with Gasteiger partial charge in [-0.15, -0.1) is 0 Å². The van der Waals surface area contributed by atoms with Crippen molar-refractivity contribution < 1.29 is 9.53 Å². The first-order valence-electron chi connectivity index (χ1n) is 9.96. The van der Waals surface area contributed by atoms with Gasteiger partial charge in [0.05, 0.1) is 6.61 Å². The number of carbonyl (C=O) groups is 1. The third-order valence-electron chi connectivity index (χ3n) is 5.06. The van der Waals surface area contributed by atoms with E-state index >= 15 is 0 Å². The van der Waals surface area contributed by atoms with Gasteiger partial charge in [0.15, 0.2) is 0 Å². The van der Waals surface area contributed by atoms with Crippen LogP contribution in [0, 0.1) is 6.92 Å². The maximum Gasteiger partial charge on any atom is 0.328 e. The van der Waals surface area contributed by atoms with Gasteiger partial charge in [-0.3, -0.25) is 4.90 Å². The van der Waals surface area contributed by atoms with Gasteiger partial charge in [0.25, 0.3) is 0 Å². The minimum atomic E-state index is -0.463. The molecule has 0 radical (unpaired) electrons. The third-order valence-corrected chi connectivity index (χ3v) is 5.36. The highest BCUT2D eigenvalue weighted by molar-refractivity contribution is 6.34. The first-order chi connectivity index (χ1) is 14.0. The van der Waals surface area contributed by atoms with E-state index in [4.69, 9.17) is 16.3 Å². The molecule has 0 N–H and O–H groups in total. The van der Waals surface area contributed by atoms with E-state index in [1.165, 1.54) is 0 Å². The molecule has 3 aromatic rings. The minimum absolute atomic E-state index is 0.219. The largest absolute Gasteiger partial charge is 0.464 e. The van der Waals surface area contributed by atoms with Crippen LogP contribution < -0.4 is 0 Å². The Hall–Kier alpha value is -2.43. The van der Waals surface area contributed by atoms with Gasteiger partial charge in [-0.25, -0.2) is 9.78 Å². The van der Waals surface area contributed by atoms with Crippen LogP contribution in [0.1, 0.15) is 42.5 Å². The molecule has 152 valence electrons. The van der Waals surface area contributed by atoms with Gasteiger partial charge in [0.1, 0.15) is 11.2 Å². The molecule has 0 amide bonds. The molecule has 0 bridgehead atoms. The second-order valence-corrected chi connectivity index (χ2v) is 7.72. The van der Waals surface area contributed by atoms with Gasteiger partial charge < -0.3 is 4.74 Å². The number of rotatable bonds is 8. The number of ether oxygens (including phenoxy) is 1. The van der Waals surface area contributed by atoms with Crippen LogP contribution in [0.4, 0.5) is 0 Å². The van der Waals surface area contributed by atoms with Gasteiger partial charge >= 0.3 is 5.97 Å². The maximum absolute atomic E-state index is 12.9. The molecule has 2 aromatic carbocycles. The normalized spacial score (nSPS) is 12.3. The van der Waals surface area contributed by atoms with Crippen LogP contribution in [0.5, 0.6) is 0 Å². The maximum atomic E-state index is 12.9. The van der Waals surface area contributed by atoms with Gasteiger partial charge in [-0.2, -0.15) is 0 Å². The zero-order valence-corrected chi connectivity index (χ0v) is 17.9. The number of esters is 1.